The van der Waals surface area contributed by atoms with E-state index in [0.29, 0.717) is 16.4 Å². The van der Waals surface area contributed by atoms with E-state index in [9.17, 15) is 9.59 Å². The quantitative estimate of drug-likeness (QED) is 0.690. The Bertz CT molecular complexity index is 1000. The van der Waals surface area contributed by atoms with Crippen molar-refractivity contribution in [1.82, 2.24) is 19.9 Å². The van der Waals surface area contributed by atoms with Crippen molar-refractivity contribution in [1.29, 1.82) is 0 Å². The van der Waals surface area contributed by atoms with Crippen LogP contribution in [0.1, 0.15) is 36.8 Å². The Kier molecular flexibility index (Phi) is 5.60. The van der Waals surface area contributed by atoms with Crippen LogP contribution in [0.25, 0.3) is 11.4 Å². The molecule has 0 radical (unpaired) electrons. The summed E-state index contributed by atoms with van der Waals surface area (Å²) in [4.78, 5) is 33.2. The molecule has 0 saturated carbocycles. The Labute approximate surface area is 167 Å². The van der Waals surface area contributed by atoms with Crippen LogP contribution in [0, 0.1) is 6.92 Å². The fourth-order valence-corrected chi connectivity index (χ4v) is 3.23. The second-order valence-corrected chi connectivity index (χ2v) is 8.27. The van der Waals surface area contributed by atoms with Crippen molar-refractivity contribution in [3.05, 3.63) is 53.3 Å². The summed E-state index contributed by atoms with van der Waals surface area (Å²) in [7, 11) is 0. The van der Waals surface area contributed by atoms with E-state index in [4.69, 9.17) is 0 Å². The largest absolute Gasteiger partial charge is 0.348 e. The van der Waals surface area contributed by atoms with Crippen molar-refractivity contribution in [2.45, 2.75) is 33.2 Å². The molecule has 3 aromatic heterocycles. The molecule has 3 aromatic rings. The van der Waals surface area contributed by atoms with Crippen molar-refractivity contribution in [2.24, 2.45) is 0 Å². The lowest BCUT2D eigenvalue weighted by atomic mass is 10.1. The number of hydrogen-bond acceptors (Lipinski definition) is 5. The smallest absolute Gasteiger partial charge is 0.253 e. The maximum atomic E-state index is 12.2. The van der Waals surface area contributed by atoms with Gasteiger partial charge in [0, 0.05) is 29.0 Å². The lowest BCUT2D eigenvalue weighted by Gasteiger charge is -2.20. The predicted molar refractivity (Wildman–Crippen MR) is 110 cm³/mol. The first kappa shape index (κ1) is 19.8. The number of pyridine rings is 1. The zero-order valence-electron chi connectivity index (χ0n) is 16.3. The van der Waals surface area contributed by atoms with Crippen LogP contribution in [0.2, 0.25) is 0 Å². The highest BCUT2D eigenvalue weighted by Crippen LogP contribution is 2.23. The summed E-state index contributed by atoms with van der Waals surface area (Å²) in [5.41, 5.74) is 2.78. The minimum Gasteiger partial charge on any atom is -0.348 e. The summed E-state index contributed by atoms with van der Waals surface area (Å²) in [6, 6.07) is 7.44. The molecule has 146 valence electrons. The maximum Gasteiger partial charge on any atom is 0.253 e. The topological polar surface area (TPSA) is 88.9 Å². The molecule has 0 aliphatic carbocycles. The number of carbonyl (C=O) groups is 2. The van der Waals surface area contributed by atoms with Gasteiger partial charge in [0.1, 0.15) is 5.69 Å². The number of aryl methyl sites for hydroxylation is 1. The summed E-state index contributed by atoms with van der Waals surface area (Å²) in [6.07, 6.45) is 3.63. The van der Waals surface area contributed by atoms with Crippen LogP contribution in [0.3, 0.4) is 0 Å². The highest BCUT2D eigenvalue weighted by molar-refractivity contribution is 7.14. The average Bonchev–Trinajstić information content (AvgIpc) is 3.29. The number of anilines is 1. The van der Waals surface area contributed by atoms with Crippen LogP contribution in [-0.2, 0) is 10.3 Å². The number of carbonyl (C=O) groups excluding carboxylic acids is 2. The molecule has 8 heteroatoms. The van der Waals surface area contributed by atoms with Crippen molar-refractivity contribution in [3.8, 4) is 11.4 Å². The third-order valence-corrected chi connectivity index (χ3v) is 4.80. The third kappa shape index (κ3) is 4.83. The zero-order chi connectivity index (χ0) is 20.3. The van der Waals surface area contributed by atoms with Crippen molar-refractivity contribution >= 4 is 28.3 Å². The van der Waals surface area contributed by atoms with E-state index in [0.717, 1.165) is 11.4 Å². The van der Waals surface area contributed by atoms with Gasteiger partial charge in [-0.25, -0.2) is 4.98 Å². The zero-order valence-corrected chi connectivity index (χ0v) is 17.1. The number of hydrogen-bond donors (Lipinski definition) is 2. The van der Waals surface area contributed by atoms with Crippen molar-refractivity contribution < 1.29 is 9.59 Å². The lowest BCUT2D eigenvalue weighted by Crippen LogP contribution is -2.32. The second kappa shape index (κ2) is 7.93. The molecular weight excluding hydrogens is 374 g/mol. The fourth-order valence-electron chi connectivity index (χ4n) is 2.51. The average molecular weight is 398 g/mol. The maximum absolute atomic E-state index is 12.2. The molecule has 0 unspecified atom stereocenters. The van der Waals surface area contributed by atoms with Gasteiger partial charge in [-0.3, -0.25) is 14.6 Å². The summed E-state index contributed by atoms with van der Waals surface area (Å²) < 4.78 is 1.96. The van der Waals surface area contributed by atoms with Crippen LogP contribution < -0.4 is 10.6 Å². The van der Waals surface area contributed by atoms with Gasteiger partial charge in [0.05, 0.1) is 17.8 Å². The van der Waals surface area contributed by atoms with Gasteiger partial charge in [-0.05, 0) is 45.9 Å². The van der Waals surface area contributed by atoms with Crippen molar-refractivity contribution in [2.75, 3.05) is 11.9 Å². The molecule has 0 aliphatic rings. The molecule has 2 N–H and O–H groups in total. The van der Waals surface area contributed by atoms with Crippen LogP contribution in [-0.4, -0.2) is 32.9 Å². The Morgan fingerprint density at radius 1 is 1.14 bits per heavy atom. The molecule has 28 heavy (non-hydrogen) atoms. The van der Waals surface area contributed by atoms with Crippen LogP contribution in [0.4, 0.5) is 5.13 Å². The number of nitrogens with zero attached hydrogens (tertiary/aromatic N) is 3. The molecular formula is C20H23N5O2S. The van der Waals surface area contributed by atoms with Gasteiger partial charge in [-0.1, -0.05) is 6.07 Å². The molecule has 3 rings (SSSR count). The second-order valence-electron chi connectivity index (χ2n) is 7.41. The van der Waals surface area contributed by atoms with Crippen LogP contribution >= 0.6 is 11.3 Å². The fraction of sp³-hybridized carbons (Fsp3) is 0.300. The highest BCUT2D eigenvalue weighted by Gasteiger charge is 2.16. The normalized spacial score (nSPS) is 11.3. The van der Waals surface area contributed by atoms with E-state index >= 15 is 0 Å². The first-order valence-electron chi connectivity index (χ1n) is 8.88. The number of rotatable bonds is 5. The Balaban J connectivity index is 1.55. The molecule has 0 aromatic carbocycles. The molecule has 0 spiro atoms. The molecule has 2 amide bonds. The molecule has 0 fully saturated rings. The number of aromatic nitrogens is 3. The molecule has 0 atom stereocenters. The SMILES string of the molecule is Cc1cccc(-c2csc(NC(=O)CNC(=O)c3ccn(C(C)(C)C)c3)n2)n1. The number of nitrogens with one attached hydrogen (secondary N) is 2. The Morgan fingerprint density at radius 3 is 2.61 bits per heavy atom. The summed E-state index contributed by atoms with van der Waals surface area (Å²) in [6.45, 7) is 7.94. The monoisotopic (exact) mass is 397 g/mol. The molecule has 0 aliphatic heterocycles. The van der Waals surface area contributed by atoms with E-state index in [1.54, 1.807) is 12.3 Å². The van der Waals surface area contributed by atoms with E-state index in [1.807, 2.05) is 41.3 Å². The van der Waals surface area contributed by atoms with Gasteiger partial charge >= 0.3 is 0 Å². The lowest BCUT2D eigenvalue weighted by molar-refractivity contribution is -0.115. The predicted octanol–water partition coefficient (Wildman–Crippen LogP) is 3.44. The summed E-state index contributed by atoms with van der Waals surface area (Å²) in [5, 5.41) is 7.64. The summed E-state index contributed by atoms with van der Waals surface area (Å²) >= 11 is 1.32. The van der Waals surface area contributed by atoms with Crippen LogP contribution in [0.15, 0.2) is 42.0 Å². The van der Waals surface area contributed by atoms with Crippen molar-refractivity contribution in [3.63, 3.8) is 0 Å². The minimum atomic E-state index is -0.332. The van der Waals surface area contributed by atoms with E-state index < -0.39 is 0 Å². The van der Waals surface area contributed by atoms with E-state index in [-0.39, 0.29) is 23.9 Å². The standard InChI is InChI=1S/C20H23N5O2S/c1-13-6-5-7-15(22-13)16-12-28-19(23-16)24-17(26)10-21-18(27)14-8-9-25(11-14)20(2,3)4/h5-9,11-12H,10H2,1-4H3,(H,21,27)(H,23,24,26). The van der Waals surface area contributed by atoms with Gasteiger partial charge in [-0.15, -0.1) is 11.3 Å². The first-order valence-corrected chi connectivity index (χ1v) is 9.76. The molecule has 0 saturated heterocycles. The third-order valence-electron chi connectivity index (χ3n) is 4.04. The minimum absolute atomic E-state index is 0.107. The first-order chi connectivity index (χ1) is 13.2. The number of amides is 2. The van der Waals surface area contributed by atoms with Gasteiger partial charge in [0.2, 0.25) is 5.91 Å². The number of thiazole rings is 1. The molecule has 3 heterocycles. The Morgan fingerprint density at radius 2 is 1.93 bits per heavy atom. The highest BCUT2D eigenvalue weighted by atomic mass is 32.1. The van der Waals surface area contributed by atoms with Gasteiger partial charge in [-0.2, -0.15) is 0 Å². The molecule has 7 nitrogen and oxygen atoms in total. The van der Waals surface area contributed by atoms with Gasteiger partial charge < -0.3 is 15.2 Å². The van der Waals surface area contributed by atoms with Gasteiger partial charge in [0.25, 0.3) is 5.91 Å². The molecule has 0 bridgehead atoms. The van der Waals surface area contributed by atoms with E-state index in [2.05, 4.69) is 41.4 Å². The summed E-state index contributed by atoms with van der Waals surface area (Å²) in [5.74, 6) is -0.622. The Hall–Kier alpha value is -3.00. The van der Waals surface area contributed by atoms with Gasteiger partial charge in [0.15, 0.2) is 5.13 Å². The van der Waals surface area contributed by atoms with Crippen LogP contribution in [0.5, 0.6) is 0 Å². The van der Waals surface area contributed by atoms with E-state index in [1.165, 1.54) is 11.3 Å².